The maximum atomic E-state index is 13.5. The van der Waals surface area contributed by atoms with Crippen LogP contribution in [0.5, 0.6) is 0 Å². The minimum Gasteiger partial charge on any atom is -0.456 e. The van der Waals surface area contributed by atoms with Crippen molar-refractivity contribution in [3.63, 3.8) is 0 Å². The van der Waals surface area contributed by atoms with Gasteiger partial charge in [0.15, 0.2) is 6.61 Å². The molecular weight excluding hydrogens is 417 g/mol. The minimum absolute atomic E-state index is 0.0219. The first-order chi connectivity index (χ1) is 15.1. The van der Waals surface area contributed by atoms with Gasteiger partial charge in [-0.2, -0.15) is 0 Å². The molecule has 2 aromatic rings. The highest BCUT2D eigenvalue weighted by molar-refractivity contribution is 6.02. The first-order valence-electron chi connectivity index (χ1n) is 9.96. The Kier molecular flexibility index (Phi) is 8.46. The quantitative estimate of drug-likeness (QED) is 0.569. The Labute approximate surface area is 185 Å². The molecule has 3 N–H and O–H groups in total. The molecule has 0 heterocycles. The Morgan fingerprint density at radius 1 is 0.969 bits per heavy atom. The standard InChI is InChI=1S/C23H26FN3O5/c1-23(2,3)16-10-8-15(9-11-16)21(30)25-13-12-20(29)32-14-19(28)27-22(31)26-18-7-5-4-6-17(18)24/h4-11H,12-14H2,1-3H3,(H,25,30)(H2,26,27,28,31). The molecule has 0 unspecified atom stereocenters. The fourth-order valence-electron chi connectivity index (χ4n) is 2.60. The highest BCUT2D eigenvalue weighted by Gasteiger charge is 2.15. The maximum absolute atomic E-state index is 13.5. The van der Waals surface area contributed by atoms with E-state index in [2.05, 4.69) is 31.4 Å². The van der Waals surface area contributed by atoms with Gasteiger partial charge < -0.3 is 15.4 Å². The van der Waals surface area contributed by atoms with Gasteiger partial charge >= 0.3 is 12.0 Å². The van der Waals surface area contributed by atoms with E-state index < -0.39 is 30.3 Å². The van der Waals surface area contributed by atoms with Gasteiger partial charge in [0.1, 0.15) is 5.82 Å². The van der Waals surface area contributed by atoms with Crippen LogP contribution in [-0.4, -0.2) is 37.0 Å². The number of ether oxygens (including phenoxy) is 1. The molecule has 0 atom stereocenters. The molecule has 4 amide bonds. The second kappa shape index (κ2) is 11.0. The predicted octanol–water partition coefficient (Wildman–Crippen LogP) is 3.13. The number of hydrogen-bond donors (Lipinski definition) is 3. The van der Waals surface area contributed by atoms with Gasteiger partial charge in [0.2, 0.25) is 0 Å². The van der Waals surface area contributed by atoms with Crippen molar-refractivity contribution in [2.75, 3.05) is 18.5 Å². The highest BCUT2D eigenvalue weighted by Crippen LogP contribution is 2.22. The van der Waals surface area contributed by atoms with Crippen LogP contribution in [0, 0.1) is 5.82 Å². The zero-order valence-electron chi connectivity index (χ0n) is 18.2. The van der Waals surface area contributed by atoms with E-state index in [0.29, 0.717) is 5.56 Å². The molecule has 0 fully saturated rings. The van der Waals surface area contributed by atoms with E-state index in [1.54, 1.807) is 12.1 Å². The van der Waals surface area contributed by atoms with Crippen LogP contribution >= 0.6 is 0 Å². The summed E-state index contributed by atoms with van der Waals surface area (Å²) in [5.41, 5.74) is 1.44. The van der Waals surface area contributed by atoms with Crippen molar-refractivity contribution in [2.24, 2.45) is 0 Å². The molecule has 0 saturated heterocycles. The molecule has 0 saturated carbocycles. The second-order valence-electron chi connectivity index (χ2n) is 7.98. The average Bonchev–Trinajstić information content (AvgIpc) is 2.73. The van der Waals surface area contributed by atoms with Gasteiger partial charge in [-0.15, -0.1) is 0 Å². The fraction of sp³-hybridized carbons (Fsp3) is 0.304. The molecule has 0 aliphatic carbocycles. The summed E-state index contributed by atoms with van der Waals surface area (Å²) in [7, 11) is 0. The summed E-state index contributed by atoms with van der Waals surface area (Å²) < 4.78 is 18.2. The smallest absolute Gasteiger partial charge is 0.326 e. The first kappa shape index (κ1) is 24.5. The summed E-state index contributed by atoms with van der Waals surface area (Å²) in [6, 6.07) is 11.7. The molecule has 0 aliphatic heterocycles. The molecule has 9 heteroatoms. The van der Waals surface area contributed by atoms with E-state index in [1.165, 1.54) is 18.2 Å². The Balaban J connectivity index is 1.67. The SMILES string of the molecule is CC(C)(C)c1ccc(C(=O)NCCC(=O)OCC(=O)NC(=O)Nc2ccccc2F)cc1. The number of hydrogen-bond acceptors (Lipinski definition) is 5. The lowest BCUT2D eigenvalue weighted by Crippen LogP contribution is -2.37. The van der Waals surface area contributed by atoms with Crippen LogP contribution in [-0.2, 0) is 19.7 Å². The summed E-state index contributed by atoms with van der Waals surface area (Å²) in [6.07, 6.45) is -0.152. The molecule has 0 bridgehead atoms. The topological polar surface area (TPSA) is 114 Å². The van der Waals surface area contributed by atoms with E-state index >= 15 is 0 Å². The van der Waals surface area contributed by atoms with Gasteiger partial charge in [-0.3, -0.25) is 19.7 Å². The molecule has 8 nitrogen and oxygen atoms in total. The molecule has 2 rings (SSSR count). The molecule has 0 spiro atoms. The zero-order chi connectivity index (χ0) is 23.7. The van der Waals surface area contributed by atoms with Crippen molar-refractivity contribution >= 4 is 29.5 Å². The van der Waals surface area contributed by atoms with E-state index in [4.69, 9.17) is 4.74 Å². The monoisotopic (exact) mass is 443 g/mol. The normalized spacial score (nSPS) is 10.8. The number of carbonyl (C=O) groups is 4. The van der Waals surface area contributed by atoms with Gasteiger partial charge in [-0.05, 0) is 35.2 Å². The molecule has 0 radical (unpaired) electrons. The minimum atomic E-state index is -0.958. The summed E-state index contributed by atoms with van der Waals surface area (Å²) in [5.74, 6) is -2.59. The van der Waals surface area contributed by atoms with Crippen LogP contribution < -0.4 is 16.0 Å². The van der Waals surface area contributed by atoms with Gasteiger partial charge in [0, 0.05) is 12.1 Å². The molecule has 0 aliphatic rings. The molecule has 170 valence electrons. The number of halogens is 1. The summed E-state index contributed by atoms with van der Waals surface area (Å²) >= 11 is 0. The van der Waals surface area contributed by atoms with Crippen LogP contribution in [0.2, 0.25) is 0 Å². The van der Waals surface area contributed by atoms with Gasteiger partial charge in [0.25, 0.3) is 11.8 Å². The molecule has 0 aromatic heterocycles. The van der Waals surface area contributed by atoms with E-state index in [9.17, 15) is 23.6 Å². The Morgan fingerprint density at radius 3 is 2.25 bits per heavy atom. The number of carbonyl (C=O) groups excluding carboxylic acids is 4. The average molecular weight is 443 g/mol. The number of benzene rings is 2. The first-order valence-corrected chi connectivity index (χ1v) is 9.96. The van der Waals surface area contributed by atoms with Crippen LogP contribution in [0.4, 0.5) is 14.9 Å². The van der Waals surface area contributed by atoms with Gasteiger partial charge in [0.05, 0.1) is 12.1 Å². The van der Waals surface area contributed by atoms with Crippen molar-refractivity contribution in [3.8, 4) is 0 Å². The molecular formula is C23H26FN3O5. The second-order valence-corrected chi connectivity index (χ2v) is 7.98. The number of rotatable bonds is 7. The van der Waals surface area contributed by atoms with Gasteiger partial charge in [-0.25, -0.2) is 9.18 Å². The van der Waals surface area contributed by atoms with Crippen molar-refractivity contribution in [2.45, 2.75) is 32.6 Å². The van der Waals surface area contributed by atoms with Crippen molar-refractivity contribution in [3.05, 3.63) is 65.5 Å². The van der Waals surface area contributed by atoms with E-state index in [0.717, 1.165) is 11.6 Å². The van der Waals surface area contributed by atoms with Crippen LogP contribution in [0.3, 0.4) is 0 Å². The fourth-order valence-corrected chi connectivity index (χ4v) is 2.60. The van der Waals surface area contributed by atoms with E-state index in [-0.39, 0.29) is 30.0 Å². The van der Waals surface area contributed by atoms with Crippen molar-refractivity contribution in [1.82, 2.24) is 10.6 Å². The molecule has 2 aromatic carbocycles. The Morgan fingerprint density at radius 2 is 1.62 bits per heavy atom. The Hall–Kier alpha value is -3.75. The van der Waals surface area contributed by atoms with Crippen LogP contribution in [0.15, 0.2) is 48.5 Å². The third-order valence-electron chi connectivity index (χ3n) is 4.37. The number of nitrogens with one attached hydrogen (secondary N) is 3. The number of amides is 4. The number of esters is 1. The lowest BCUT2D eigenvalue weighted by atomic mass is 9.87. The number of urea groups is 1. The zero-order valence-corrected chi connectivity index (χ0v) is 18.2. The van der Waals surface area contributed by atoms with Crippen LogP contribution in [0.25, 0.3) is 0 Å². The lowest BCUT2D eigenvalue weighted by Gasteiger charge is -2.19. The van der Waals surface area contributed by atoms with Crippen LogP contribution in [0.1, 0.15) is 43.1 Å². The summed E-state index contributed by atoms with van der Waals surface area (Å²) in [4.78, 5) is 47.3. The maximum Gasteiger partial charge on any atom is 0.326 e. The van der Waals surface area contributed by atoms with Crippen molar-refractivity contribution in [1.29, 1.82) is 0 Å². The van der Waals surface area contributed by atoms with E-state index in [1.807, 2.05) is 17.4 Å². The summed E-state index contributed by atoms with van der Waals surface area (Å²) in [6.45, 7) is 5.55. The Bertz CT molecular complexity index is 984. The lowest BCUT2D eigenvalue weighted by molar-refractivity contribution is -0.148. The number of para-hydroxylation sites is 1. The largest absolute Gasteiger partial charge is 0.456 e. The highest BCUT2D eigenvalue weighted by atomic mass is 19.1. The van der Waals surface area contributed by atoms with Crippen molar-refractivity contribution < 1.29 is 28.3 Å². The number of imide groups is 1. The van der Waals surface area contributed by atoms with Gasteiger partial charge in [-0.1, -0.05) is 45.0 Å². The third-order valence-corrected chi connectivity index (χ3v) is 4.37. The third kappa shape index (κ3) is 7.82. The predicted molar refractivity (Wildman–Crippen MR) is 117 cm³/mol. The summed E-state index contributed by atoms with van der Waals surface area (Å²) in [5, 5.41) is 6.69. The molecule has 32 heavy (non-hydrogen) atoms. The number of anilines is 1.